The Morgan fingerprint density at radius 1 is 1.44 bits per heavy atom. The molecule has 0 amide bonds. The zero-order valence-corrected chi connectivity index (χ0v) is 11.4. The maximum atomic E-state index is 6.01. The summed E-state index contributed by atoms with van der Waals surface area (Å²) < 4.78 is 7.77. The predicted molar refractivity (Wildman–Crippen MR) is 73.4 cm³/mol. The Balaban J connectivity index is 2.12. The molecule has 1 aliphatic heterocycles. The minimum absolute atomic E-state index is 0.332. The van der Waals surface area contributed by atoms with Crippen molar-refractivity contribution in [3.05, 3.63) is 29.0 Å². The lowest BCUT2D eigenvalue weighted by Gasteiger charge is -2.25. The number of alkyl halides is 1. The summed E-state index contributed by atoms with van der Waals surface area (Å²) in [5, 5.41) is 0.702. The zero-order chi connectivity index (χ0) is 12.5. The van der Waals surface area contributed by atoms with Crippen LogP contribution in [0.25, 0.3) is 11.0 Å². The highest BCUT2D eigenvalue weighted by Gasteiger charge is 2.21. The minimum atomic E-state index is 0.332. The van der Waals surface area contributed by atoms with E-state index in [0.717, 1.165) is 42.9 Å². The summed E-state index contributed by atoms with van der Waals surface area (Å²) in [5.41, 5.74) is 1.99. The quantitative estimate of drug-likeness (QED) is 0.785. The van der Waals surface area contributed by atoms with Gasteiger partial charge in [0.1, 0.15) is 5.82 Å². The maximum absolute atomic E-state index is 6.01. The fourth-order valence-electron chi connectivity index (χ4n) is 2.55. The molecule has 0 radical (unpaired) electrons. The molecule has 0 aliphatic carbocycles. The van der Waals surface area contributed by atoms with Crippen molar-refractivity contribution in [1.29, 1.82) is 0 Å². The van der Waals surface area contributed by atoms with Crippen LogP contribution in [-0.2, 0) is 10.6 Å². The van der Waals surface area contributed by atoms with E-state index in [1.807, 2.05) is 18.2 Å². The van der Waals surface area contributed by atoms with Crippen molar-refractivity contribution < 1.29 is 4.74 Å². The molecule has 1 aliphatic rings. The average Bonchev–Trinajstić information content (AvgIpc) is 2.77. The molecule has 2 heterocycles. The maximum Gasteiger partial charge on any atom is 0.125 e. The number of halogens is 2. The minimum Gasteiger partial charge on any atom is -0.379 e. The summed E-state index contributed by atoms with van der Waals surface area (Å²) in [6.45, 7) is 1.59. The number of hydrogen-bond acceptors (Lipinski definition) is 2. The summed E-state index contributed by atoms with van der Waals surface area (Å²) in [6, 6.07) is 6.12. The number of fused-ring (bicyclic) bond motifs is 1. The van der Waals surface area contributed by atoms with Crippen molar-refractivity contribution in [2.75, 3.05) is 13.2 Å². The molecule has 1 unspecified atom stereocenters. The highest BCUT2D eigenvalue weighted by Crippen LogP contribution is 2.29. The van der Waals surface area contributed by atoms with Gasteiger partial charge in [0.25, 0.3) is 0 Å². The number of benzene rings is 1. The number of nitrogens with zero attached hydrogens (tertiary/aromatic N) is 2. The Morgan fingerprint density at radius 2 is 2.33 bits per heavy atom. The molecule has 3 nitrogen and oxygen atoms in total. The van der Waals surface area contributed by atoms with Crippen LogP contribution < -0.4 is 0 Å². The molecule has 1 aromatic carbocycles. The number of ether oxygens (including phenoxy) is 1. The molecule has 1 fully saturated rings. The normalized spacial score (nSPS) is 20.4. The van der Waals surface area contributed by atoms with Crippen LogP contribution in [0.4, 0.5) is 0 Å². The lowest BCUT2D eigenvalue weighted by atomic mass is 10.1. The Hall–Kier alpha value is -0.770. The van der Waals surface area contributed by atoms with E-state index >= 15 is 0 Å². The zero-order valence-electron chi connectivity index (χ0n) is 9.90. The van der Waals surface area contributed by atoms with Gasteiger partial charge >= 0.3 is 0 Å². The molecule has 1 aromatic heterocycles. The smallest absolute Gasteiger partial charge is 0.125 e. The Bertz CT molecular complexity index is 561. The van der Waals surface area contributed by atoms with E-state index in [0.29, 0.717) is 16.9 Å². The first-order chi connectivity index (χ1) is 8.79. The topological polar surface area (TPSA) is 27.1 Å². The van der Waals surface area contributed by atoms with Gasteiger partial charge in [-0.25, -0.2) is 4.98 Å². The third kappa shape index (κ3) is 2.11. The van der Waals surface area contributed by atoms with Gasteiger partial charge in [0.05, 0.1) is 29.6 Å². The van der Waals surface area contributed by atoms with Gasteiger partial charge in [0, 0.05) is 11.6 Å². The first-order valence-electron chi connectivity index (χ1n) is 6.09. The molecule has 1 atom stereocenters. The van der Waals surface area contributed by atoms with E-state index in [2.05, 4.69) is 9.55 Å². The summed E-state index contributed by atoms with van der Waals surface area (Å²) >= 11 is 12.0. The van der Waals surface area contributed by atoms with Gasteiger partial charge in [-0.15, -0.1) is 11.6 Å². The molecule has 5 heteroatoms. The van der Waals surface area contributed by atoms with Crippen LogP contribution in [-0.4, -0.2) is 22.8 Å². The Morgan fingerprint density at radius 3 is 3.06 bits per heavy atom. The third-order valence-electron chi connectivity index (χ3n) is 3.35. The fraction of sp³-hybridized carbons (Fsp3) is 0.462. The van der Waals surface area contributed by atoms with Crippen LogP contribution in [0.1, 0.15) is 24.7 Å². The van der Waals surface area contributed by atoms with Crippen LogP contribution in [0.2, 0.25) is 5.02 Å². The van der Waals surface area contributed by atoms with Gasteiger partial charge < -0.3 is 9.30 Å². The number of rotatable bonds is 2. The molecule has 1 saturated heterocycles. The standard InChI is InChI=1S/C13H14Cl2N2O/c14-7-13-16-11-6-9(15)3-4-12(11)17(13)10-2-1-5-18-8-10/h3-4,6,10H,1-2,5,7-8H2. The summed E-state index contributed by atoms with van der Waals surface area (Å²) in [7, 11) is 0. The molecular weight excluding hydrogens is 271 g/mol. The second kappa shape index (κ2) is 5.08. The monoisotopic (exact) mass is 284 g/mol. The highest BCUT2D eigenvalue weighted by molar-refractivity contribution is 6.31. The first kappa shape index (κ1) is 12.3. The Kier molecular flexibility index (Phi) is 3.46. The van der Waals surface area contributed by atoms with Crippen LogP contribution in [0.15, 0.2) is 18.2 Å². The summed E-state index contributed by atoms with van der Waals surface area (Å²) in [5.74, 6) is 1.30. The first-order valence-corrected chi connectivity index (χ1v) is 7.01. The van der Waals surface area contributed by atoms with Gasteiger partial charge in [0.15, 0.2) is 0 Å². The SMILES string of the molecule is ClCc1nc2cc(Cl)ccc2n1C1CCCOC1. The van der Waals surface area contributed by atoms with E-state index in [4.69, 9.17) is 27.9 Å². The van der Waals surface area contributed by atoms with Crippen molar-refractivity contribution >= 4 is 34.2 Å². The van der Waals surface area contributed by atoms with Crippen molar-refractivity contribution in [3.8, 4) is 0 Å². The molecule has 0 spiro atoms. The van der Waals surface area contributed by atoms with E-state index in [9.17, 15) is 0 Å². The van der Waals surface area contributed by atoms with Gasteiger partial charge in [-0.1, -0.05) is 11.6 Å². The summed E-state index contributed by atoms with van der Waals surface area (Å²) in [4.78, 5) is 4.56. The van der Waals surface area contributed by atoms with Crippen molar-refractivity contribution in [2.24, 2.45) is 0 Å². The number of aromatic nitrogens is 2. The van der Waals surface area contributed by atoms with Crippen LogP contribution >= 0.6 is 23.2 Å². The van der Waals surface area contributed by atoms with E-state index in [-0.39, 0.29) is 0 Å². The van der Waals surface area contributed by atoms with Crippen LogP contribution in [0.3, 0.4) is 0 Å². The molecule has 18 heavy (non-hydrogen) atoms. The van der Waals surface area contributed by atoms with Crippen molar-refractivity contribution in [2.45, 2.75) is 24.8 Å². The van der Waals surface area contributed by atoms with Crippen molar-refractivity contribution in [3.63, 3.8) is 0 Å². The number of imidazole rings is 1. The highest BCUT2D eigenvalue weighted by atomic mass is 35.5. The molecule has 2 aromatic rings. The number of hydrogen-bond donors (Lipinski definition) is 0. The van der Waals surface area contributed by atoms with E-state index in [1.165, 1.54) is 0 Å². The molecule has 96 valence electrons. The second-order valence-corrected chi connectivity index (χ2v) is 5.24. The average molecular weight is 285 g/mol. The molecule has 3 rings (SSSR count). The van der Waals surface area contributed by atoms with Gasteiger partial charge in [-0.3, -0.25) is 0 Å². The third-order valence-corrected chi connectivity index (χ3v) is 3.82. The van der Waals surface area contributed by atoms with Gasteiger partial charge in [-0.2, -0.15) is 0 Å². The van der Waals surface area contributed by atoms with Gasteiger partial charge in [0.2, 0.25) is 0 Å². The van der Waals surface area contributed by atoms with Crippen LogP contribution in [0.5, 0.6) is 0 Å². The van der Waals surface area contributed by atoms with Gasteiger partial charge in [-0.05, 0) is 31.0 Å². The van der Waals surface area contributed by atoms with E-state index in [1.54, 1.807) is 0 Å². The molecule has 0 N–H and O–H groups in total. The largest absolute Gasteiger partial charge is 0.379 e. The molecular formula is C13H14Cl2N2O. The second-order valence-electron chi connectivity index (χ2n) is 4.54. The van der Waals surface area contributed by atoms with E-state index < -0.39 is 0 Å². The molecule has 0 saturated carbocycles. The van der Waals surface area contributed by atoms with Crippen molar-refractivity contribution in [1.82, 2.24) is 9.55 Å². The lowest BCUT2D eigenvalue weighted by molar-refractivity contribution is 0.0597. The molecule has 0 bridgehead atoms. The Labute approximate surface area is 116 Å². The lowest BCUT2D eigenvalue weighted by Crippen LogP contribution is -2.22. The fourth-order valence-corrected chi connectivity index (χ4v) is 2.91. The van der Waals surface area contributed by atoms with Crippen LogP contribution in [0, 0.1) is 0 Å². The predicted octanol–water partition coefficient (Wildman–Crippen LogP) is 3.78. The summed E-state index contributed by atoms with van der Waals surface area (Å²) in [6.07, 6.45) is 2.19.